The molecule has 0 heterocycles. The molecule has 0 radical (unpaired) electrons. The van der Waals surface area contributed by atoms with E-state index >= 15 is 0 Å². The molecular weight excluding hydrogens is 254 g/mol. The van der Waals surface area contributed by atoms with E-state index in [4.69, 9.17) is 0 Å². The number of carbonyl (C=O) groups is 1. The van der Waals surface area contributed by atoms with E-state index in [0.717, 1.165) is 24.0 Å². The molecular formula is C12H16BrNO. The lowest BCUT2D eigenvalue weighted by Gasteiger charge is -2.20. The maximum absolute atomic E-state index is 11.4. The summed E-state index contributed by atoms with van der Waals surface area (Å²) in [6.07, 6.45) is 0.972. The Morgan fingerprint density at radius 1 is 1.33 bits per heavy atom. The number of nitrogens with zero attached hydrogens (tertiary/aromatic N) is 1. The third kappa shape index (κ3) is 3.34. The van der Waals surface area contributed by atoms with Crippen molar-refractivity contribution in [2.75, 3.05) is 11.4 Å². The van der Waals surface area contributed by atoms with Crippen LogP contribution in [0.5, 0.6) is 0 Å². The molecule has 0 aliphatic rings. The molecule has 1 rings (SSSR count). The molecule has 2 nitrogen and oxygen atoms in total. The SMILES string of the molecule is CCCN(C(C)=O)c1ccc(CBr)cc1. The molecule has 0 aromatic heterocycles. The fraction of sp³-hybridized carbons (Fsp3) is 0.417. The van der Waals surface area contributed by atoms with Gasteiger partial charge in [0, 0.05) is 24.5 Å². The van der Waals surface area contributed by atoms with Gasteiger partial charge in [-0.1, -0.05) is 35.0 Å². The van der Waals surface area contributed by atoms with E-state index in [9.17, 15) is 4.79 Å². The molecule has 1 aromatic rings. The molecule has 0 N–H and O–H groups in total. The number of carbonyl (C=O) groups excluding carboxylic acids is 1. The Hall–Kier alpha value is -0.830. The van der Waals surface area contributed by atoms with Crippen molar-refractivity contribution in [1.82, 2.24) is 0 Å². The van der Waals surface area contributed by atoms with E-state index in [0.29, 0.717) is 0 Å². The quantitative estimate of drug-likeness (QED) is 0.768. The fourth-order valence-electron chi connectivity index (χ4n) is 1.46. The van der Waals surface area contributed by atoms with Crippen molar-refractivity contribution in [3.63, 3.8) is 0 Å². The van der Waals surface area contributed by atoms with Crippen LogP contribution in [0.25, 0.3) is 0 Å². The van der Waals surface area contributed by atoms with Crippen LogP contribution in [0, 0.1) is 0 Å². The maximum atomic E-state index is 11.4. The molecule has 0 saturated carbocycles. The standard InChI is InChI=1S/C12H16BrNO/c1-3-8-14(10(2)15)12-6-4-11(9-13)5-7-12/h4-7H,3,8-9H2,1-2H3. The van der Waals surface area contributed by atoms with Gasteiger partial charge in [0.05, 0.1) is 0 Å². The summed E-state index contributed by atoms with van der Waals surface area (Å²) < 4.78 is 0. The molecule has 0 bridgehead atoms. The van der Waals surface area contributed by atoms with Crippen molar-refractivity contribution in [1.29, 1.82) is 0 Å². The number of alkyl halides is 1. The first-order valence-electron chi connectivity index (χ1n) is 5.12. The molecule has 0 unspecified atom stereocenters. The van der Waals surface area contributed by atoms with Crippen LogP contribution in [0.15, 0.2) is 24.3 Å². The van der Waals surface area contributed by atoms with E-state index in [2.05, 4.69) is 22.9 Å². The van der Waals surface area contributed by atoms with Gasteiger partial charge in [-0.05, 0) is 24.1 Å². The van der Waals surface area contributed by atoms with Crippen molar-refractivity contribution >= 4 is 27.5 Å². The summed E-state index contributed by atoms with van der Waals surface area (Å²) in [6.45, 7) is 4.46. The van der Waals surface area contributed by atoms with Gasteiger partial charge in [0.1, 0.15) is 0 Å². The molecule has 1 aromatic carbocycles. The fourth-order valence-corrected chi connectivity index (χ4v) is 1.83. The highest BCUT2D eigenvalue weighted by Crippen LogP contribution is 2.17. The lowest BCUT2D eigenvalue weighted by atomic mass is 10.2. The Morgan fingerprint density at radius 2 is 1.93 bits per heavy atom. The number of hydrogen-bond acceptors (Lipinski definition) is 1. The maximum Gasteiger partial charge on any atom is 0.223 e. The van der Waals surface area contributed by atoms with Gasteiger partial charge in [0.15, 0.2) is 0 Å². The minimum absolute atomic E-state index is 0.100. The predicted molar refractivity (Wildman–Crippen MR) is 67.4 cm³/mol. The molecule has 15 heavy (non-hydrogen) atoms. The average Bonchev–Trinajstić information content (AvgIpc) is 2.26. The van der Waals surface area contributed by atoms with E-state index in [1.54, 1.807) is 11.8 Å². The van der Waals surface area contributed by atoms with Crippen LogP contribution in [0.2, 0.25) is 0 Å². The van der Waals surface area contributed by atoms with Crippen LogP contribution in [-0.4, -0.2) is 12.5 Å². The van der Waals surface area contributed by atoms with Crippen LogP contribution in [-0.2, 0) is 10.1 Å². The topological polar surface area (TPSA) is 20.3 Å². The largest absolute Gasteiger partial charge is 0.313 e. The predicted octanol–water partition coefficient (Wildman–Crippen LogP) is 3.34. The smallest absolute Gasteiger partial charge is 0.223 e. The van der Waals surface area contributed by atoms with Crippen LogP contribution in [0.3, 0.4) is 0 Å². The number of anilines is 1. The second kappa shape index (κ2) is 5.91. The number of hydrogen-bond donors (Lipinski definition) is 0. The van der Waals surface area contributed by atoms with Crippen molar-refractivity contribution in [2.45, 2.75) is 25.6 Å². The Balaban J connectivity index is 2.86. The van der Waals surface area contributed by atoms with Crippen molar-refractivity contribution in [3.8, 4) is 0 Å². The lowest BCUT2D eigenvalue weighted by molar-refractivity contribution is -0.116. The minimum atomic E-state index is 0.100. The molecule has 0 aliphatic heterocycles. The Kier molecular flexibility index (Phi) is 4.82. The zero-order valence-corrected chi connectivity index (χ0v) is 10.8. The van der Waals surface area contributed by atoms with E-state index < -0.39 is 0 Å². The van der Waals surface area contributed by atoms with Gasteiger partial charge in [-0.15, -0.1) is 0 Å². The van der Waals surface area contributed by atoms with Crippen LogP contribution in [0.1, 0.15) is 25.8 Å². The zero-order chi connectivity index (χ0) is 11.3. The van der Waals surface area contributed by atoms with Gasteiger partial charge in [-0.2, -0.15) is 0 Å². The van der Waals surface area contributed by atoms with Crippen LogP contribution >= 0.6 is 15.9 Å². The van der Waals surface area contributed by atoms with Crippen molar-refractivity contribution in [2.24, 2.45) is 0 Å². The van der Waals surface area contributed by atoms with Gasteiger partial charge in [-0.3, -0.25) is 4.79 Å². The molecule has 0 aliphatic carbocycles. The second-order valence-corrected chi connectivity index (χ2v) is 4.03. The molecule has 1 amide bonds. The third-order valence-electron chi connectivity index (χ3n) is 2.23. The molecule has 0 fully saturated rings. The van der Waals surface area contributed by atoms with Crippen LogP contribution in [0.4, 0.5) is 5.69 Å². The summed E-state index contributed by atoms with van der Waals surface area (Å²) >= 11 is 3.40. The lowest BCUT2D eigenvalue weighted by Crippen LogP contribution is -2.28. The minimum Gasteiger partial charge on any atom is -0.313 e. The summed E-state index contributed by atoms with van der Waals surface area (Å²) in [7, 11) is 0. The number of benzene rings is 1. The average molecular weight is 270 g/mol. The highest BCUT2D eigenvalue weighted by atomic mass is 79.9. The third-order valence-corrected chi connectivity index (χ3v) is 2.88. The monoisotopic (exact) mass is 269 g/mol. The Labute approximate surface area is 99.4 Å². The first-order chi connectivity index (χ1) is 7.19. The molecule has 0 saturated heterocycles. The number of rotatable bonds is 4. The Morgan fingerprint density at radius 3 is 2.33 bits per heavy atom. The van der Waals surface area contributed by atoms with Gasteiger partial charge < -0.3 is 4.90 Å². The van der Waals surface area contributed by atoms with Crippen molar-refractivity contribution in [3.05, 3.63) is 29.8 Å². The van der Waals surface area contributed by atoms with E-state index in [1.807, 2.05) is 24.3 Å². The van der Waals surface area contributed by atoms with E-state index in [1.165, 1.54) is 5.56 Å². The molecule has 82 valence electrons. The van der Waals surface area contributed by atoms with E-state index in [-0.39, 0.29) is 5.91 Å². The first kappa shape index (κ1) is 12.2. The first-order valence-corrected chi connectivity index (χ1v) is 6.24. The molecule has 0 atom stereocenters. The summed E-state index contributed by atoms with van der Waals surface area (Å²) in [4.78, 5) is 13.2. The summed E-state index contributed by atoms with van der Waals surface area (Å²) in [5.74, 6) is 0.100. The summed E-state index contributed by atoms with van der Waals surface area (Å²) in [6, 6.07) is 8.06. The highest BCUT2D eigenvalue weighted by Gasteiger charge is 2.09. The Bertz CT molecular complexity index is 321. The highest BCUT2D eigenvalue weighted by molar-refractivity contribution is 9.08. The summed E-state index contributed by atoms with van der Waals surface area (Å²) in [5, 5.41) is 0.848. The van der Waals surface area contributed by atoms with Gasteiger partial charge in [0.2, 0.25) is 5.91 Å². The number of halogens is 1. The molecule has 0 spiro atoms. The normalized spacial score (nSPS) is 10.1. The second-order valence-electron chi connectivity index (χ2n) is 3.47. The number of amides is 1. The molecule has 3 heteroatoms. The van der Waals surface area contributed by atoms with Gasteiger partial charge >= 0.3 is 0 Å². The summed E-state index contributed by atoms with van der Waals surface area (Å²) in [5.41, 5.74) is 2.20. The zero-order valence-electron chi connectivity index (χ0n) is 9.16. The van der Waals surface area contributed by atoms with Gasteiger partial charge in [-0.25, -0.2) is 0 Å². The van der Waals surface area contributed by atoms with Crippen molar-refractivity contribution < 1.29 is 4.79 Å². The van der Waals surface area contributed by atoms with Crippen LogP contribution < -0.4 is 4.90 Å². The van der Waals surface area contributed by atoms with Gasteiger partial charge in [0.25, 0.3) is 0 Å².